The van der Waals surface area contributed by atoms with Crippen molar-refractivity contribution in [3.05, 3.63) is 29.8 Å². The molecule has 0 saturated heterocycles. The van der Waals surface area contributed by atoms with Gasteiger partial charge in [0.25, 0.3) is 0 Å². The summed E-state index contributed by atoms with van der Waals surface area (Å²) in [5.41, 5.74) is 1.63. The summed E-state index contributed by atoms with van der Waals surface area (Å²) in [6.07, 6.45) is 0.551. The molecule has 1 N–H and O–H groups in total. The van der Waals surface area contributed by atoms with E-state index in [1.807, 2.05) is 26.0 Å². The van der Waals surface area contributed by atoms with Crippen molar-refractivity contribution in [2.24, 2.45) is 0 Å². The highest BCUT2D eigenvalue weighted by Crippen LogP contribution is 2.26. The van der Waals surface area contributed by atoms with Crippen molar-refractivity contribution in [1.82, 2.24) is 0 Å². The van der Waals surface area contributed by atoms with Crippen LogP contribution in [0, 0.1) is 0 Å². The number of para-hydroxylation sites is 1. The predicted octanol–water partition coefficient (Wildman–Crippen LogP) is 1.86. The first kappa shape index (κ1) is 12.2. The second-order valence-corrected chi connectivity index (χ2v) is 3.84. The van der Waals surface area contributed by atoms with Crippen molar-refractivity contribution in [3.63, 3.8) is 0 Å². The Morgan fingerprint density at radius 3 is 2.56 bits per heavy atom. The minimum absolute atomic E-state index is 0.243. The van der Waals surface area contributed by atoms with Gasteiger partial charge in [0.05, 0.1) is 0 Å². The van der Waals surface area contributed by atoms with Gasteiger partial charge in [0.15, 0.2) is 0 Å². The van der Waals surface area contributed by atoms with Crippen LogP contribution in [0.25, 0.3) is 0 Å². The lowest BCUT2D eigenvalue weighted by Gasteiger charge is -2.20. The molecule has 0 heterocycles. The number of anilines is 1. The molecule has 1 amide bonds. The van der Waals surface area contributed by atoms with Crippen molar-refractivity contribution >= 4 is 18.1 Å². The van der Waals surface area contributed by atoms with Crippen LogP contribution in [-0.2, 0) is 9.59 Å². The Morgan fingerprint density at radius 1 is 1.44 bits per heavy atom. The summed E-state index contributed by atoms with van der Waals surface area (Å²) < 4.78 is 0. The van der Waals surface area contributed by atoms with E-state index in [9.17, 15) is 9.59 Å². The molecule has 0 radical (unpaired) electrons. The second-order valence-electron chi connectivity index (χ2n) is 3.84. The van der Waals surface area contributed by atoms with Gasteiger partial charge in [-0.05, 0) is 17.5 Å². The maximum atomic E-state index is 10.9. The van der Waals surface area contributed by atoms with E-state index in [1.54, 1.807) is 12.1 Å². The number of amides is 1. The summed E-state index contributed by atoms with van der Waals surface area (Å²) in [7, 11) is 0. The predicted molar refractivity (Wildman–Crippen MR) is 61.6 cm³/mol. The summed E-state index contributed by atoms with van der Waals surface area (Å²) >= 11 is 0. The molecule has 0 aromatic heterocycles. The fourth-order valence-corrected chi connectivity index (χ4v) is 1.56. The number of carbonyl (C=O) groups excluding carboxylic acids is 1. The second kappa shape index (κ2) is 5.30. The third kappa shape index (κ3) is 2.82. The average Bonchev–Trinajstić information content (AvgIpc) is 2.25. The van der Waals surface area contributed by atoms with Crippen LogP contribution in [0.2, 0.25) is 0 Å². The number of aliphatic carboxylic acids is 1. The van der Waals surface area contributed by atoms with Gasteiger partial charge in [0, 0.05) is 5.69 Å². The quantitative estimate of drug-likeness (QED) is 0.772. The molecule has 0 saturated carbocycles. The Labute approximate surface area is 94.5 Å². The monoisotopic (exact) mass is 221 g/mol. The molecule has 4 heteroatoms. The van der Waals surface area contributed by atoms with E-state index in [0.717, 1.165) is 5.56 Å². The molecule has 0 bridgehead atoms. The lowest BCUT2D eigenvalue weighted by Crippen LogP contribution is -2.29. The molecule has 0 spiro atoms. The van der Waals surface area contributed by atoms with Gasteiger partial charge in [-0.3, -0.25) is 9.59 Å². The van der Waals surface area contributed by atoms with E-state index < -0.39 is 5.97 Å². The molecule has 1 rings (SSSR count). The highest BCUT2D eigenvalue weighted by Gasteiger charge is 2.14. The maximum Gasteiger partial charge on any atom is 0.323 e. The lowest BCUT2D eigenvalue weighted by molar-refractivity contribution is -0.136. The van der Waals surface area contributed by atoms with Gasteiger partial charge in [0.1, 0.15) is 6.54 Å². The zero-order valence-electron chi connectivity index (χ0n) is 9.38. The van der Waals surface area contributed by atoms with Crippen molar-refractivity contribution in [1.29, 1.82) is 0 Å². The van der Waals surface area contributed by atoms with Crippen LogP contribution in [0.1, 0.15) is 25.3 Å². The topological polar surface area (TPSA) is 57.6 Å². The number of rotatable bonds is 5. The van der Waals surface area contributed by atoms with Crippen molar-refractivity contribution in [3.8, 4) is 0 Å². The maximum absolute atomic E-state index is 10.9. The van der Waals surface area contributed by atoms with Gasteiger partial charge in [-0.2, -0.15) is 0 Å². The number of nitrogens with zero attached hydrogens (tertiary/aromatic N) is 1. The van der Waals surface area contributed by atoms with Crippen LogP contribution in [0.15, 0.2) is 24.3 Å². The Hall–Kier alpha value is -1.84. The van der Waals surface area contributed by atoms with Gasteiger partial charge in [0.2, 0.25) is 6.41 Å². The van der Waals surface area contributed by atoms with Gasteiger partial charge >= 0.3 is 5.97 Å². The van der Waals surface area contributed by atoms with Gasteiger partial charge < -0.3 is 10.0 Å². The summed E-state index contributed by atoms with van der Waals surface area (Å²) in [6, 6.07) is 7.33. The minimum Gasteiger partial charge on any atom is -0.480 e. The third-order valence-electron chi connectivity index (χ3n) is 2.30. The Bertz CT molecular complexity index is 388. The lowest BCUT2D eigenvalue weighted by atomic mass is 10.0. The molecule has 0 fully saturated rings. The summed E-state index contributed by atoms with van der Waals surface area (Å²) in [4.78, 5) is 22.7. The molecule has 1 aromatic rings. The number of hydrogen-bond donors (Lipinski definition) is 1. The normalized spacial score (nSPS) is 10.2. The summed E-state index contributed by atoms with van der Waals surface area (Å²) in [6.45, 7) is 3.69. The summed E-state index contributed by atoms with van der Waals surface area (Å²) in [5, 5.41) is 8.71. The van der Waals surface area contributed by atoms with Crippen LogP contribution < -0.4 is 4.90 Å². The fraction of sp³-hybridized carbons (Fsp3) is 0.333. The van der Waals surface area contributed by atoms with Crippen LogP contribution in [0.5, 0.6) is 0 Å². The van der Waals surface area contributed by atoms with Gasteiger partial charge in [-0.15, -0.1) is 0 Å². The van der Waals surface area contributed by atoms with Crippen molar-refractivity contribution in [2.45, 2.75) is 19.8 Å². The molecule has 0 unspecified atom stereocenters. The number of hydrogen-bond acceptors (Lipinski definition) is 2. The third-order valence-corrected chi connectivity index (χ3v) is 2.30. The molecule has 0 atom stereocenters. The van der Waals surface area contributed by atoms with E-state index in [1.165, 1.54) is 4.90 Å². The van der Waals surface area contributed by atoms with E-state index in [2.05, 4.69) is 0 Å². The highest BCUT2D eigenvalue weighted by atomic mass is 16.4. The number of carboxylic acids is 1. The SMILES string of the molecule is CC(C)c1ccccc1N(C=O)CC(=O)O. The average molecular weight is 221 g/mol. The largest absolute Gasteiger partial charge is 0.480 e. The molecular formula is C12H15NO3. The molecule has 1 aromatic carbocycles. The Morgan fingerprint density at radius 2 is 2.06 bits per heavy atom. The first-order valence-corrected chi connectivity index (χ1v) is 5.09. The van der Waals surface area contributed by atoms with Crippen LogP contribution in [0.3, 0.4) is 0 Å². The molecule has 0 aliphatic rings. The fourth-order valence-electron chi connectivity index (χ4n) is 1.56. The van der Waals surface area contributed by atoms with Gasteiger partial charge in [-0.1, -0.05) is 32.0 Å². The van der Waals surface area contributed by atoms with Crippen LogP contribution in [-0.4, -0.2) is 24.0 Å². The molecule has 0 aliphatic carbocycles. The van der Waals surface area contributed by atoms with E-state index in [4.69, 9.17) is 5.11 Å². The van der Waals surface area contributed by atoms with E-state index in [-0.39, 0.29) is 12.5 Å². The highest BCUT2D eigenvalue weighted by molar-refractivity contribution is 5.85. The molecule has 4 nitrogen and oxygen atoms in total. The molecule has 16 heavy (non-hydrogen) atoms. The van der Waals surface area contributed by atoms with E-state index >= 15 is 0 Å². The van der Waals surface area contributed by atoms with E-state index in [0.29, 0.717) is 12.1 Å². The van der Waals surface area contributed by atoms with Crippen LogP contribution in [0.4, 0.5) is 5.69 Å². The smallest absolute Gasteiger partial charge is 0.323 e. The molecule has 0 aliphatic heterocycles. The molecular weight excluding hydrogens is 206 g/mol. The Kier molecular flexibility index (Phi) is 4.05. The van der Waals surface area contributed by atoms with Gasteiger partial charge in [-0.25, -0.2) is 0 Å². The van der Waals surface area contributed by atoms with Crippen LogP contribution >= 0.6 is 0 Å². The first-order valence-electron chi connectivity index (χ1n) is 5.09. The van der Waals surface area contributed by atoms with Crippen molar-refractivity contribution < 1.29 is 14.7 Å². The standard InChI is InChI=1S/C12H15NO3/c1-9(2)10-5-3-4-6-11(10)13(8-14)7-12(15)16/h3-6,8-9H,7H2,1-2H3,(H,15,16). The molecule has 86 valence electrons. The summed E-state index contributed by atoms with van der Waals surface area (Å²) in [5.74, 6) is -0.780. The first-order chi connectivity index (χ1) is 7.56. The number of benzene rings is 1. The zero-order valence-corrected chi connectivity index (χ0v) is 9.38. The van der Waals surface area contributed by atoms with Crippen molar-refractivity contribution in [2.75, 3.05) is 11.4 Å². The zero-order chi connectivity index (χ0) is 12.1. The minimum atomic E-state index is -1.02. The number of carbonyl (C=O) groups is 2. The number of carboxylic acid groups (broad SMARTS) is 1. The Balaban J connectivity index is 3.08.